The van der Waals surface area contributed by atoms with Crippen molar-refractivity contribution in [2.24, 2.45) is 0 Å². The van der Waals surface area contributed by atoms with Crippen molar-refractivity contribution in [1.82, 2.24) is 20.2 Å². The number of nitrogens with zero attached hydrogens (tertiary/aromatic N) is 3. The van der Waals surface area contributed by atoms with Crippen LogP contribution in [0.25, 0.3) is 33.2 Å². The lowest BCUT2D eigenvalue weighted by Crippen LogP contribution is -1.98. The van der Waals surface area contributed by atoms with Crippen LogP contribution in [0.4, 0.5) is 0 Å². The molecule has 0 atom stereocenters. The highest BCUT2D eigenvalue weighted by molar-refractivity contribution is 7.13. The molecule has 0 radical (unpaired) electrons. The Morgan fingerprint density at radius 2 is 2.00 bits per heavy atom. The van der Waals surface area contributed by atoms with Gasteiger partial charge in [-0.3, -0.25) is 0 Å². The molecular weight excluding hydrogens is 400 g/mol. The number of H-pyrrole nitrogens is 1. The molecule has 8 heteroatoms. The molecule has 3 aromatic heterocycles. The number of thiophene rings is 1. The first kappa shape index (κ1) is 18.4. The molecule has 5 rings (SSSR count). The molecule has 0 saturated carbocycles. The van der Waals surface area contributed by atoms with Crippen LogP contribution in [0.5, 0.6) is 11.5 Å². The Bertz CT molecular complexity index is 1310. The number of rotatable bonds is 6. The number of imidazole rings is 1. The Labute approximate surface area is 176 Å². The Hall–Kier alpha value is -3.65. The van der Waals surface area contributed by atoms with E-state index in [4.69, 9.17) is 13.9 Å². The number of fused-ring (bicyclic) bond motifs is 1. The lowest BCUT2D eigenvalue weighted by atomic mass is 10.2. The molecule has 150 valence electrons. The molecular formula is C22H18N4O3S. The molecule has 1 N–H and O–H groups in total. The van der Waals surface area contributed by atoms with E-state index in [9.17, 15) is 0 Å². The third-order valence-electron chi connectivity index (χ3n) is 4.62. The third kappa shape index (κ3) is 3.53. The van der Waals surface area contributed by atoms with Crippen LogP contribution >= 0.6 is 11.3 Å². The van der Waals surface area contributed by atoms with Gasteiger partial charge in [-0.1, -0.05) is 12.1 Å². The number of nitrogens with one attached hydrogen (secondary N) is 1. The first-order valence-electron chi connectivity index (χ1n) is 9.33. The number of aromatic nitrogens is 4. The fraction of sp³-hybridized carbons (Fsp3) is 0.136. The standard InChI is InChI=1S/C22H18N4O3S/c1-13-5-7-15-16(10-13)24-21(23-15)14-6-8-17(18(11-14)27-2)28-12-20-25-26-22(29-20)19-4-3-9-30-19/h3-11H,12H2,1-2H3,(H,23,24). The Kier molecular flexibility index (Phi) is 4.68. The topological polar surface area (TPSA) is 86.1 Å². The fourth-order valence-corrected chi connectivity index (χ4v) is 3.79. The van der Waals surface area contributed by atoms with Crippen molar-refractivity contribution in [2.45, 2.75) is 13.5 Å². The second-order valence-corrected chi connectivity index (χ2v) is 7.69. The number of benzene rings is 2. The molecule has 7 nitrogen and oxygen atoms in total. The van der Waals surface area contributed by atoms with E-state index >= 15 is 0 Å². The van der Waals surface area contributed by atoms with E-state index in [1.807, 2.05) is 47.8 Å². The predicted molar refractivity (Wildman–Crippen MR) is 115 cm³/mol. The van der Waals surface area contributed by atoms with Crippen molar-refractivity contribution in [2.75, 3.05) is 7.11 Å². The Balaban J connectivity index is 1.36. The smallest absolute Gasteiger partial charge is 0.257 e. The van der Waals surface area contributed by atoms with Gasteiger partial charge in [0.1, 0.15) is 5.82 Å². The van der Waals surface area contributed by atoms with Crippen LogP contribution in [-0.2, 0) is 6.61 Å². The van der Waals surface area contributed by atoms with Crippen molar-refractivity contribution >= 4 is 22.4 Å². The second kappa shape index (κ2) is 7.64. The van der Waals surface area contributed by atoms with E-state index in [1.54, 1.807) is 18.4 Å². The van der Waals surface area contributed by atoms with Crippen LogP contribution in [0.3, 0.4) is 0 Å². The fourth-order valence-electron chi connectivity index (χ4n) is 3.15. The van der Waals surface area contributed by atoms with Crippen LogP contribution in [0.1, 0.15) is 11.5 Å². The zero-order valence-electron chi connectivity index (χ0n) is 16.4. The van der Waals surface area contributed by atoms with Crippen molar-refractivity contribution < 1.29 is 13.9 Å². The van der Waals surface area contributed by atoms with Gasteiger partial charge in [-0.2, -0.15) is 0 Å². The van der Waals surface area contributed by atoms with Crippen molar-refractivity contribution in [1.29, 1.82) is 0 Å². The maximum absolute atomic E-state index is 5.86. The molecule has 30 heavy (non-hydrogen) atoms. The number of hydrogen-bond acceptors (Lipinski definition) is 7. The van der Waals surface area contributed by atoms with E-state index in [-0.39, 0.29) is 6.61 Å². The molecule has 0 saturated heterocycles. The van der Waals surface area contributed by atoms with Crippen LogP contribution < -0.4 is 9.47 Å². The summed E-state index contributed by atoms with van der Waals surface area (Å²) in [5.41, 5.74) is 4.02. The van der Waals surface area contributed by atoms with Gasteiger partial charge >= 0.3 is 0 Å². The molecule has 2 aromatic carbocycles. The highest BCUT2D eigenvalue weighted by Crippen LogP contribution is 2.33. The second-order valence-electron chi connectivity index (χ2n) is 6.74. The van der Waals surface area contributed by atoms with E-state index in [1.165, 1.54) is 5.56 Å². The third-order valence-corrected chi connectivity index (χ3v) is 5.48. The van der Waals surface area contributed by atoms with Gasteiger partial charge in [0.2, 0.25) is 0 Å². The minimum Gasteiger partial charge on any atom is -0.493 e. The van der Waals surface area contributed by atoms with E-state index in [2.05, 4.69) is 33.2 Å². The molecule has 0 unspecified atom stereocenters. The molecule has 0 amide bonds. The zero-order valence-corrected chi connectivity index (χ0v) is 17.2. The molecule has 0 bridgehead atoms. The maximum Gasteiger partial charge on any atom is 0.257 e. The van der Waals surface area contributed by atoms with Crippen molar-refractivity contribution in [3.8, 4) is 33.7 Å². The van der Waals surface area contributed by atoms with Gasteiger partial charge in [-0.05, 0) is 54.3 Å². The average molecular weight is 418 g/mol. The summed E-state index contributed by atoms with van der Waals surface area (Å²) in [6.07, 6.45) is 0. The van der Waals surface area contributed by atoms with Crippen LogP contribution in [0.2, 0.25) is 0 Å². The number of aryl methyl sites for hydroxylation is 1. The molecule has 0 aliphatic carbocycles. The summed E-state index contributed by atoms with van der Waals surface area (Å²) in [5, 5.41) is 10.1. The molecule has 0 spiro atoms. The highest BCUT2D eigenvalue weighted by atomic mass is 32.1. The van der Waals surface area contributed by atoms with Gasteiger partial charge in [0, 0.05) is 5.56 Å². The Morgan fingerprint density at radius 3 is 2.83 bits per heavy atom. The monoisotopic (exact) mass is 418 g/mol. The van der Waals surface area contributed by atoms with Gasteiger partial charge in [-0.25, -0.2) is 4.98 Å². The number of methoxy groups -OCH3 is 1. The maximum atomic E-state index is 5.86. The number of hydrogen-bond donors (Lipinski definition) is 1. The van der Waals surface area contributed by atoms with Gasteiger partial charge in [-0.15, -0.1) is 21.5 Å². The SMILES string of the molecule is COc1cc(-c2nc3ccc(C)cc3[nH]2)ccc1OCc1nnc(-c2cccs2)o1. The van der Waals surface area contributed by atoms with Gasteiger partial charge < -0.3 is 18.9 Å². The molecule has 5 aromatic rings. The molecule has 0 aliphatic heterocycles. The van der Waals surface area contributed by atoms with E-state index < -0.39 is 0 Å². The van der Waals surface area contributed by atoms with Gasteiger partial charge in [0.25, 0.3) is 11.8 Å². The van der Waals surface area contributed by atoms with Crippen LogP contribution in [0, 0.1) is 6.92 Å². The lowest BCUT2D eigenvalue weighted by molar-refractivity contribution is 0.251. The largest absolute Gasteiger partial charge is 0.493 e. The van der Waals surface area contributed by atoms with Crippen molar-refractivity contribution in [3.05, 3.63) is 65.4 Å². The summed E-state index contributed by atoms with van der Waals surface area (Å²) < 4.78 is 17.1. The minimum atomic E-state index is 0.151. The van der Waals surface area contributed by atoms with Gasteiger partial charge in [0.15, 0.2) is 18.1 Å². The predicted octanol–water partition coefficient (Wildman–Crippen LogP) is 5.24. The molecule has 0 fully saturated rings. The van der Waals surface area contributed by atoms with Crippen molar-refractivity contribution in [3.63, 3.8) is 0 Å². The lowest BCUT2D eigenvalue weighted by Gasteiger charge is -2.10. The summed E-state index contributed by atoms with van der Waals surface area (Å²) in [6.45, 7) is 2.21. The quantitative estimate of drug-likeness (QED) is 0.406. The summed E-state index contributed by atoms with van der Waals surface area (Å²) in [6, 6.07) is 15.7. The van der Waals surface area contributed by atoms with Crippen LogP contribution in [0.15, 0.2) is 58.3 Å². The Morgan fingerprint density at radius 1 is 1.07 bits per heavy atom. The molecule has 3 heterocycles. The summed E-state index contributed by atoms with van der Waals surface area (Å²) >= 11 is 1.55. The zero-order chi connectivity index (χ0) is 20.5. The van der Waals surface area contributed by atoms with E-state index in [0.29, 0.717) is 23.3 Å². The highest BCUT2D eigenvalue weighted by Gasteiger charge is 2.13. The van der Waals surface area contributed by atoms with E-state index in [0.717, 1.165) is 27.3 Å². The van der Waals surface area contributed by atoms with Crippen LogP contribution in [-0.4, -0.2) is 27.3 Å². The first-order chi connectivity index (χ1) is 14.7. The molecule has 0 aliphatic rings. The van der Waals surface area contributed by atoms with Gasteiger partial charge in [0.05, 0.1) is 23.0 Å². The number of ether oxygens (including phenoxy) is 2. The minimum absolute atomic E-state index is 0.151. The summed E-state index contributed by atoms with van der Waals surface area (Å²) in [5.74, 6) is 2.85. The normalized spacial score (nSPS) is 11.1. The number of aromatic amines is 1. The average Bonchev–Trinajstić information content (AvgIpc) is 3.51. The summed E-state index contributed by atoms with van der Waals surface area (Å²) in [7, 11) is 1.61. The first-order valence-corrected chi connectivity index (χ1v) is 10.2. The summed E-state index contributed by atoms with van der Waals surface area (Å²) in [4.78, 5) is 8.95.